The van der Waals surface area contributed by atoms with Crippen LogP contribution in [0.2, 0.25) is 0 Å². The number of nitrogens with zero attached hydrogens (tertiary/aromatic N) is 3. The summed E-state index contributed by atoms with van der Waals surface area (Å²) < 4.78 is 5.45. The number of hydrogen-bond donors (Lipinski definition) is 2. The number of aromatic nitrogens is 3. The highest BCUT2D eigenvalue weighted by Crippen LogP contribution is 2.32. The highest BCUT2D eigenvalue weighted by Gasteiger charge is 2.31. The minimum Gasteiger partial charge on any atom is -0.337 e. The molecule has 122 valence electrons. The molecular formula is C18H19N5O. The molecule has 1 saturated heterocycles. The smallest absolute Gasteiger partial charge is 0.245 e. The lowest BCUT2D eigenvalue weighted by Crippen LogP contribution is -2.27. The first-order valence-electron chi connectivity index (χ1n) is 8.03. The summed E-state index contributed by atoms with van der Waals surface area (Å²) in [6.07, 6.45) is 4.31. The maximum atomic E-state index is 5.45. The van der Waals surface area contributed by atoms with E-state index in [1.54, 1.807) is 12.4 Å². The van der Waals surface area contributed by atoms with Crippen LogP contribution < -0.4 is 10.9 Å². The van der Waals surface area contributed by atoms with Gasteiger partial charge in [0.2, 0.25) is 11.7 Å². The van der Waals surface area contributed by atoms with E-state index in [2.05, 4.69) is 58.0 Å². The molecule has 2 N–H and O–H groups in total. The Balaban J connectivity index is 1.52. The molecule has 1 aliphatic heterocycles. The Morgan fingerprint density at radius 1 is 1.12 bits per heavy atom. The third-order valence-corrected chi connectivity index (χ3v) is 4.36. The molecule has 1 fully saturated rings. The van der Waals surface area contributed by atoms with Gasteiger partial charge in [-0.15, -0.1) is 0 Å². The van der Waals surface area contributed by atoms with Gasteiger partial charge in [-0.05, 0) is 43.5 Å². The second kappa shape index (κ2) is 6.14. The fourth-order valence-corrected chi connectivity index (χ4v) is 3.13. The zero-order valence-electron chi connectivity index (χ0n) is 13.7. The third kappa shape index (κ3) is 2.81. The highest BCUT2D eigenvalue weighted by atomic mass is 16.5. The van der Waals surface area contributed by atoms with Crippen molar-refractivity contribution < 1.29 is 4.52 Å². The van der Waals surface area contributed by atoms with Gasteiger partial charge in [0.1, 0.15) is 6.04 Å². The van der Waals surface area contributed by atoms with Crippen molar-refractivity contribution in [1.82, 2.24) is 26.0 Å². The van der Waals surface area contributed by atoms with E-state index in [1.165, 1.54) is 16.7 Å². The SMILES string of the molecule is Cc1ccc(C2CC(c3nc(-c4cccnc4)no3)NN2)c(C)c1. The van der Waals surface area contributed by atoms with Gasteiger partial charge < -0.3 is 4.52 Å². The predicted molar refractivity (Wildman–Crippen MR) is 89.8 cm³/mol. The molecule has 0 saturated carbocycles. The van der Waals surface area contributed by atoms with Crippen LogP contribution in [0.3, 0.4) is 0 Å². The molecule has 0 amide bonds. The Morgan fingerprint density at radius 2 is 2.00 bits per heavy atom. The first-order valence-corrected chi connectivity index (χ1v) is 8.03. The van der Waals surface area contributed by atoms with Gasteiger partial charge in [0.15, 0.2) is 0 Å². The van der Waals surface area contributed by atoms with Gasteiger partial charge in [-0.25, -0.2) is 10.9 Å². The van der Waals surface area contributed by atoms with Crippen molar-refractivity contribution in [1.29, 1.82) is 0 Å². The molecule has 0 radical (unpaired) electrons. The van der Waals surface area contributed by atoms with E-state index in [0.717, 1.165) is 12.0 Å². The number of aryl methyl sites for hydroxylation is 2. The van der Waals surface area contributed by atoms with Gasteiger partial charge in [-0.2, -0.15) is 4.98 Å². The van der Waals surface area contributed by atoms with E-state index >= 15 is 0 Å². The largest absolute Gasteiger partial charge is 0.337 e. The molecule has 6 heteroatoms. The van der Waals surface area contributed by atoms with Crippen molar-refractivity contribution in [3.8, 4) is 11.4 Å². The average Bonchev–Trinajstić information content (AvgIpc) is 3.25. The van der Waals surface area contributed by atoms with Gasteiger partial charge in [-0.1, -0.05) is 28.9 Å². The van der Waals surface area contributed by atoms with Crippen LogP contribution in [0.5, 0.6) is 0 Å². The monoisotopic (exact) mass is 321 g/mol. The maximum Gasteiger partial charge on any atom is 0.245 e. The lowest BCUT2D eigenvalue weighted by atomic mass is 9.96. The maximum absolute atomic E-state index is 5.45. The summed E-state index contributed by atoms with van der Waals surface area (Å²) in [5, 5.41) is 4.06. The molecular weight excluding hydrogens is 302 g/mol. The molecule has 3 aromatic rings. The normalized spacial score (nSPS) is 20.4. The molecule has 3 heterocycles. The Bertz CT molecular complexity index is 846. The molecule has 2 aromatic heterocycles. The van der Waals surface area contributed by atoms with E-state index in [-0.39, 0.29) is 12.1 Å². The standard InChI is InChI=1S/C18H19N5O/c1-11-5-6-14(12(2)8-11)15-9-16(22-21-15)18-20-17(23-24-18)13-4-3-7-19-10-13/h3-8,10,15-16,21-22H,9H2,1-2H3. The number of hydrazine groups is 1. The number of hydrogen-bond acceptors (Lipinski definition) is 6. The molecule has 6 nitrogen and oxygen atoms in total. The Morgan fingerprint density at radius 3 is 2.79 bits per heavy atom. The summed E-state index contributed by atoms with van der Waals surface area (Å²) in [5.74, 6) is 1.16. The summed E-state index contributed by atoms with van der Waals surface area (Å²) in [6.45, 7) is 4.25. The Hall–Kier alpha value is -2.57. The van der Waals surface area contributed by atoms with Crippen LogP contribution in [0.4, 0.5) is 0 Å². The molecule has 24 heavy (non-hydrogen) atoms. The van der Waals surface area contributed by atoms with Crippen molar-refractivity contribution in [3.63, 3.8) is 0 Å². The highest BCUT2D eigenvalue weighted by molar-refractivity contribution is 5.51. The minimum atomic E-state index is -0.00590. The van der Waals surface area contributed by atoms with E-state index in [0.29, 0.717) is 11.7 Å². The molecule has 4 rings (SSSR count). The van der Waals surface area contributed by atoms with E-state index in [4.69, 9.17) is 4.52 Å². The average molecular weight is 321 g/mol. The molecule has 0 bridgehead atoms. The Kier molecular flexibility index (Phi) is 3.84. The van der Waals surface area contributed by atoms with Gasteiger partial charge in [-0.3, -0.25) is 4.98 Å². The summed E-state index contributed by atoms with van der Waals surface area (Å²) in [7, 11) is 0. The quantitative estimate of drug-likeness (QED) is 0.772. The topological polar surface area (TPSA) is 75.9 Å². The first-order chi connectivity index (χ1) is 11.7. The van der Waals surface area contributed by atoms with Crippen LogP contribution in [0, 0.1) is 13.8 Å². The first kappa shape index (κ1) is 15.0. The molecule has 0 spiro atoms. The number of rotatable bonds is 3. The van der Waals surface area contributed by atoms with Gasteiger partial charge in [0.25, 0.3) is 0 Å². The lowest BCUT2D eigenvalue weighted by Gasteiger charge is -2.13. The van der Waals surface area contributed by atoms with Crippen molar-refractivity contribution >= 4 is 0 Å². The van der Waals surface area contributed by atoms with Crippen LogP contribution in [0.25, 0.3) is 11.4 Å². The number of nitrogens with one attached hydrogen (secondary N) is 2. The van der Waals surface area contributed by atoms with Gasteiger partial charge in [0, 0.05) is 24.0 Å². The second-order valence-electron chi connectivity index (χ2n) is 6.19. The van der Waals surface area contributed by atoms with Crippen molar-refractivity contribution in [2.75, 3.05) is 0 Å². The van der Waals surface area contributed by atoms with Crippen molar-refractivity contribution in [2.45, 2.75) is 32.4 Å². The number of pyridine rings is 1. The van der Waals surface area contributed by atoms with E-state index < -0.39 is 0 Å². The van der Waals surface area contributed by atoms with E-state index in [1.807, 2.05) is 12.1 Å². The minimum absolute atomic E-state index is 0.00590. The fraction of sp³-hybridized carbons (Fsp3) is 0.278. The van der Waals surface area contributed by atoms with Gasteiger partial charge in [0.05, 0.1) is 0 Å². The third-order valence-electron chi connectivity index (χ3n) is 4.36. The van der Waals surface area contributed by atoms with E-state index in [9.17, 15) is 0 Å². The zero-order chi connectivity index (χ0) is 16.5. The Labute approximate surface area is 140 Å². The molecule has 1 aromatic carbocycles. The van der Waals surface area contributed by atoms with Crippen molar-refractivity contribution in [3.05, 3.63) is 65.3 Å². The molecule has 2 unspecified atom stereocenters. The van der Waals surface area contributed by atoms with Crippen LogP contribution in [-0.4, -0.2) is 15.1 Å². The van der Waals surface area contributed by atoms with Crippen LogP contribution in [0.1, 0.15) is 41.1 Å². The molecule has 1 aliphatic rings. The lowest BCUT2D eigenvalue weighted by molar-refractivity contribution is 0.340. The number of benzene rings is 1. The van der Waals surface area contributed by atoms with Crippen LogP contribution in [0.15, 0.2) is 47.2 Å². The summed E-state index contributed by atoms with van der Waals surface area (Å²) in [5.41, 5.74) is 11.3. The van der Waals surface area contributed by atoms with Crippen LogP contribution >= 0.6 is 0 Å². The fourth-order valence-electron chi connectivity index (χ4n) is 3.13. The molecule has 0 aliphatic carbocycles. The van der Waals surface area contributed by atoms with Crippen molar-refractivity contribution in [2.24, 2.45) is 0 Å². The summed E-state index contributed by atoms with van der Waals surface area (Å²) in [6, 6.07) is 10.5. The second-order valence-corrected chi connectivity index (χ2v) is 6.19. The summed E-state index contributed by atoms with van der Waals surface area (Å²) in [4.78, 5) is 8.59. The molecule has 2 atom stereocenters. The summed E-state index contributed by atoms with van der Waals surface area (Å²) >= 11 is 0. The zero-order valence-corrected chi connectivity index (χ0v) is 13.7. The predicted octanol–water partition coefficient (Wildman–Crippen LogP) is 3.03. The van der Waals surface area contributed by atoms with Crippen LogP contribution in [-0.2, 0) is 0 Å². The van der Waals surface area contributed by atoms with Gasteiger partial charge >= 0.3 is 0 Å².